The van der Waals surface area contributed by atoms with E-state index in [2.05, 4.69) is 32.7 Å². The number of hydrogen-bond acceptors (Lipinski definition) is 7. The van der Waals surface area contributed by atoms with Crippen molar-refractivity contribution in [1.82, 2.24) is 9.55 Å². The van der Waals surface area contributed by atoms with Gasteiger partial charge in [-0.05, 0) is 11.1 Å². The van der Waals surface area contributed by atoms with Gasteiger partial charge in [0.25, 0.3) is 5.56 Å². The van der Waals surface area contributed by atoms with Gasteiger partial charge in [0.15, 0.2) is 12.0 Å². The highest BCUT2D eigenvalue weighted by Crippen LogP contribution is 2.47. The predicted molar refractivity (Wildman–Crippen MR) is 122 cm³/mol. The minimum absolute atomic E-state index is 0.0312. The number of ether oxygens (including phenoxy) is 2. The molecule has 9 nitrogen and oxygen atoms in total. The minimum Gasteiger partial charge on any atom is -0.391 e. The number of aliphatic hydroxyl groups is 1. The zero-order valence-corrected chi connectivity index (χ0v) is 21.3. The van der Waals surface area contributed by atoms with Crippen LogP contribution >= 0.6 is 0 Å². The highest BCUT2D eigenvalue weighted by molar-refractivity contribution is 6.70. The van der Waals surface area contributed by atoms with Crippen LogP contribution in [0.2, 0.25) is 11.1 Å². The molecule has 1 unspecified atom stereocenters. The highest BCUT2D eigenvalue weighted by Gasteiger charge is 2.60. The van der Waals surface area contributed by atoms with Crippen LogP contribution in [0.3, 0.4) is 0 Å². The zero-order chi connectivity index (χ0) is 24.0. The molecule has 3 rings (SSSR count). The summed E-state index contributed by atoms with van der Waals surface area (Å²) in [4.78, 5) is 26.1. The van der Waals surface area contributed by atoms with Crippen molar-refractivity contribution in [2.75, 3.05) is 6.61 Å². The van der Waals surface area contributed by atoms with Crippen LogP contribution in [0, 0.1) is 11.8 Å². The van der Waals surface area contributed by atoms with Gasteiger partial charge < -0.3 is 23.4 Å². The van der Waals surface area contributed by atoms with E-state index >= 15 is 0 Å². The topological polar surface area (TPSA) is 112 Å². The Bertz CT molecular complexity index is 894. The molecule has 0 saturated carbocycles. The second-order valence-corrected chi connectivity index (χ2v) is 14.4. The van der Waals surface area contributed by atoms with Gasteiger partial charge >= 0.3 is 14.3 Å². The molecule has 0 amide bonds. The van der Waals surface area contributed by atoms with E-state index < -0.39 is 50.1 Å². The monoisotopic (exact) mass is 470 g/mol. The lowest BCUT2D eigenvalue weighted by molar-refractivity contribution is -0.297. The van der Waals surface area contributed by atoms with Crippen LogP contribution in [-0.4, -0.2) is 53.9 Å². The van der Waals surface area contributed by atoms with Crippen molar-refractivity contribution in [2.45, 2.75) is 96.8 Å². The van der Waals surface area contributed by atoms with E-state index in [-0.39, 0.29) is 29.5 Å². The number of nitrogens with zero attached hydrogens (tertiary/aromatic N) is 1. The van der Waals surface area contributed by atoms with E-state index in [0.717, 1.165) is 0 Å². The first-order valence-corrected chi connectivity index (χ1v) is 13.5. The fourth-order valence-corrected chi connectivity index (χ4v) is 8.97. The number of rotatable bonds is 5. The molecule has 0 aromatic carbocycles. The Morgan fingerprint density at radius 1 is 1.09 bits per heavy atom. The van der Waals surface area contributed by atoms with Gasteiger partial charge in [0, 0.05) is 24.1 Å². The molecule has 2 fully saturated rings. The van der Waals surface area contributed by atoms with Crippen molar-refractivity contribution in [3.63, 3.8) is 0 Å². The van der Waals surface area contributed by atoms with Crippen molar-refractivity contribution < 1.29 is 23.4 Å². The molecule has 0 bridgehead atoms. The lowest BCUT2D eigenvalue weighted by atomic mass is 9.91. The van der Waals surface area contributed by atoms with Crippen molar-refractivity contribution >= 4 is 8.56 Å². The quantitative estimate of drug-likeness (QED) is 0.636. The van der Waals surface area contributed by atoms with Crippen molar-refractivity contribution in [3.8, 4) is 0 Å². The smallest absolute Gasteiger partial charge is 0.345 e. The normalized spacial score (nSPS) is 30.0. The maximum atomic E-state index is 12.4. The number of aromatic amines is 1. The van der Waals surface area contributed by atoms with E-state index in [4.69, 9.17) is 18.3 Å². The molecule has 182 valence electrons. The van der Waals surface area contributed by atoms with Crippen molar-refractivity contribution in [2.24, 2.45) is 11.8 Å². The molecule has 2 aliphatic heterocycles. The maximum absolute atomic E-state index is 12.4. The van der Waals surface area contributed by atoms with E-state index in [1.807, 2.05) is 27.7 Å². The molecule has 2 saturated heterocycles. The van der Waals surface area contributed by atoms with Crippen LogP contribution in [-0.2, 0) is 18.3 Å². The zero-order valence-electron chi connectivity index (χ0n) is 20.3. The summed E-state index contributed by atoms with van der Waals surface area (Å²) in [5.41, 5.74) is -0.854. The fourth-order valence-electron chi connectivity index (χ4n) is 4.99. The molecular formula is C22H38N2O7Si. The second-order valence-electron chi connectivity index (χ2n) is 10.1. The van der Waals surface area contributed by atoms with Crippen LogP contribution in [0.1, 0.15) is 61.6 Å². The Kier molecular flexibility index (Phi) is 7.24. The summed E-state index contributed by atoms with van der Waals surface area (Å²) in [5.74, 6) is -1.06. The van der Waals surface area contributed by atoms with Gasteiger partial charge in [0.2, 0.25) is 0 Å². The summed E-state index contributed by atoms with van der Waals surface area (Å²) in [6.07, 6.45) is -2.21. The molecule has 0 radical (unpaired) electrons. The highest BCUT2D eigenvalue weighted by atomic mass is 28.4. The fraction of sp³-hybridized carbons (Fsp3) is 0.818. The number of aromatic nitrogens is 2. The van der Waals surface area contributed by atoms with Crippen LogP contribution in [0.4, 0.5) is 0 Å². The molecule has 32 heavy (non-hydrogen) atoms. The third kappa shape index (κ3) is 4.17. The summed E-state index contributed by atoms with van der Waals surface area (Å²) < 4.78 is 27.6. The van der Waals surface area contributed by atoms with E-state index in [1.54, 1.807) is 0 Å². The average Bonchev–Trinajstić information content (AvgIpc) is 2.96. The first-order valence-electron chi connectivity index (χ1n) is 11.5. The van der Waals surface area contributed by atoms with Crippen LogP contribution in [0.15, 0.2) is 21.9 Å². The summed E-state index contributed by atoms with van der Waals surface area (Å²) in [6.45, 7) is 16.8. The molecule has 0 aliphatic carbocycles. The van der Waals surface area contributed by atoms with Crippen LogP contribution in [0.25, 0.3) is 0 Å². The van der Waals surface area contributed by atoms with Gasteiger partial charge in [-0.2, -0.15) is 0 Å². The Morgan fingerprint density at radius 2 is 1.69 bits per heavy atom. The largest absolute Gasteiger partial charge is 0.391 e. The Hall–Kier alpha value is -1.30. The first kappa shape index (κ1) is 25.3. The first-order chi connectivity index (χ1) is 14.9. The maximum Gasteiger partial charge on any atom is 0.345 e. The number of fused-ring (bicyclic) bond motifs is 1. The third-order valence-electron chi connectivity index (χ3n) is 6.77. The Balaban J connectivity index is 2.08. The van der Waals surface area contributed by atoms with Crippen molar-refractivity contribution in [1.29, 1.82) is 0 Å². The summed E-state index contributed by atoms with van der Waals surface area (Å²) in [6, 6.07) is 1.22. The predicted octanol–water partition coefficient (Wildman–Crippen LogP) is 2.50. The molecule has 10 heteroatoms. The minimum atomic E-state index is -2.79. The molecule has 1 aromatic rings. The van der Waals surface area contributed by atoms with Crippen molar-refractivity contribution in [3.05, 3.63) is 33.1 Å². The van der Waals surface area contributed by atoms with Gasteiger partial charge in [-0.15, -0.1) is 0 Å². The van der Waals surface area contributed by atoms with Crippen LogP contribution < -0.4 is 11.2 Å². The number of H-pyrrole nitrogens is 1. The molecule has 2 N–H and O–H groups in total. The van der Waals surface area contributed by atoms with E-state index in [1.165, 1.54) is 16.8 Å². The summed E-state index contributed by atoms with van der Waals surface area (Å²) in [5, 5.41) is 11.2. The van der Waals surface area contributed by atoms with Gasteiger partial charge in [-0.1, -0.05) is 55.4 Å². The third-order valence-corrected chi connectivity index (χ3v) is 11.2. The molecule has 0 spiro atoms. The van der Waals surface area contributed by atoms with Gasteiger partial charge in [-0.3, -0.25) is 14.3 Å². The van der Waals surface area contributed by atoms with E-state index in [9.17, 15) is 14.7 Å². The van der Waals surface area contributed by atoms with Crippen LogP contribution in [0.5, 0.6) is 0 Å². The number of hydrogen-bond donors (Lipinski definition) is 2. The molecule has 4 atom stereocenters. The second kappa shape index (κ2) is 9.15. The Morgan fingerprint density at radius 3 is 2.19 bits per heavy atom. The van der Waals surface area contributed by atoms with Gasteiger partial charge in [0.05, 0.1) is 6.61 Å². The Labute approximate surface area is 190 Å². The summed E-state index contributed by atoms with van der Waals surface area (Å²) in [7, 11) is -2.79. The molecule has 3 heterocycles. The SMILES string of the molecule is CC(C)C1(C(C)C)O[C@@H]2C(O)[C@H](n3ccc(=O)[nH]c3=O)O[C@@H]2CO[Si](C(C)C)(C(C)C)O1. The average molecular weight is 471 g/mol. The molecule has 2 aliphatic rings. The molecule has 1 aromatic heterocycles. The lowest BCUT2D eigenvalue weighted by Crippen LogP contribution is -2.64. The lowest BCUT2D eigenvalue weighted by Gasteiger charge is -2.52. The number of nitrogens with one attached hydrogen (secondary N) is 1. The van der Waals surface area contributed by atoms with Gasteiger partial charge in [-0.25, -0.2) is 4.79 Å². The van der Waals surface area contributed by atoms with E-state index in [0.29, 0.717) is 0 Å². The van der Waals surface area contributed by atoms with Gasteiger partial charge in [0.1, 0.15) is 18.3 Å². The summed E-state index contributed by atoms with van der Waals surface area (Å²) >= 11 is 0. The standard InChI is InChI=1S/C22H38N2O7Si/c1-12(2)22(13(3)4)30-19-16(11-28-32(31-22,14(5)6)15(7)8)29-20(18(19)26)24-10-9-17(25)23-21(24)27/h9-10,12-16,18-20,26H,11H2,1-8H3,(H,23,25,27)/t16-,18?,19+,20-/m1/s1. The number of aliphatic hydroxyl groups excluding tert-OH is 1. The molecular weight excluding hydrogens is 432 g/mol.